The first kappa shape index (κ1) is 13.7. The molecule has 1 aromatic heterocycles. The van der Waals surface area contributed by atoms with Crippen LogP contribution in [-0.2, 0) is 0 Å². The zero-order chi connectivity index (χ0) is 12.3. The molecule has 0 radical (unpaired) electrons. The fraction of sp³-hybridized carbons (Fsp3) is 0.692. The monoisotopic (exact) mass is 241 g/mol. The van der Waals surface area contributed by atoms with Crippen LogP contribution in [0.4, 0.5) is 0 Å². The predicted octanol–water partition coefficient (Wildman–Crippen LogP) is 3.03. The molecule has 2 N–H and O–H groups in total. The van der Waals surface area contributed by atoms with E-state index in [2.05, 4.69) is 46.0 Å². The van der Waals surface area contributed by atoms with Gasteiger partial charge in [-0.3, -0.25) is 0 Å². The van der Waals surface area contributed by atoms with Gasteiger partial charge >= 0.3 is 0 Å². The van der Waals surface area contributed by atoms with Gasteiger partial charge in [0.1, 0.15) is 0 Å². The molecule has 16 heavy (non-hydrogen) atoms. The van der Waals surface area contributed by atoms with Crippen molar-refractivity contribution in [1.82, 2.24) is 5.32 Å². The number of nitrogens with one attached hydrogen (secondary N) is 1. The van der Waals surface area contributed by atoms with E-state index in [0.717, 1.165) is 6.54 Å². The van der Waals surface area contributed by atoms with Gasteiger partial charge in [-0.1, -0.05) is 13.8 Å². The van der Waals surface area contributed by atoms with Crippen LogP contribution in [0.3, 0.4) is 0 Å². The van der Waals surface area contributed by atoms with Crippen molar-refractivity contribution in [2.75, 3.05) is 13.2 Å². The standard InChI is InChI=1S/C13H23NOS/c1-9-6-12(11(3)16-9)10(2)14-7-13(4,5)8-15/h6,10,14-15H,7-8H2,1-5H3. The van der Waals surface area contributed by atoms with Crippen LogP contribution in [-0.4, -0.2) is 18.3 Å². The molecule has 1 heterocycles. The summed E-state index contributed by atoms with van der Waals surface area (Å²) in [4.78, 5) is 2.75. The van der Waals surface area contributed by atoms with Gasteiger partial charge in [0.05, 0.1) is 0 Å². The summed E-state index contributed by atoms with van der Waals surface area (Å²) in [5, 5.41) is 12.7. The molecule has 0 aliphatic carbocycles. The van der Waals surface area contributed by atoms with Crippen LogP contribution in [0.2, 0.25) is 0 Å². The van der Waals surface area contributed by atoms with Gasteiger partial charge in [-0.25, -0.2) is 0 Å². The Labute approximate surface area is 103 Å². The minimum Gasteiger partial charge on any atom is -0.396 e. The van der Waals surface area contributed by atoms with Crippen molar-refractivity contribution in [1.29, 1.82) is 0 Å². The number of aliphatic hydroxyl groups is 1. The average molecular weight is 241 g/mol. The third-order valence-electron chi connectivity index (χ3n) is 2.86. The van der Waals surface area contributed by atoms with E-state index in [-0.39, 0.29) is 12.0 Å². The number of aliphatic hydroxyl groups excluding tert-OH is 1. The maximum Gasteiger partial charge on any atom is 0.0494 e. The summed E-state index contributed by atoms with van der Waals surface area (Å²) in [5.74, 6) is 0. The largest absolute Gasteiger partial charge is 0.396 e. The number of hydrogen-bond acceptors (Lipinski definition) is 3. The van der Waals surface area contributed by atoms with E-state index in [9.17, 15) is 5.11 Å². The van der Waals surface area contributed by atoms with Crippen molar-refractivity contribution in [2.24, 2.45) is 5.41 Å². The third kappa shape index (κ3) is 3.58. The van der Waals surface area contributed by atoms with Crippen LogP contribution >= 0.6 is 11.3 Å². The summed E-state index contributed by atoms with van der Waals surface area (Å²) in [6.45, 7) is 11.7. The Morgan fingerprint density at radius 1 is 1.44 bits per heavy atom. The van der Waals surface area contributed by atoms with E-state index in [1.165, 1.54) is 15.3 Å². The molecular weight excluding hydrogens is 218 g/mol. The molecule has 0 amide bonds. The maximum absolute atomic E-state index is 9.20. The van der Waals surface area contributed by atoms with Gasteiger partial charge in [-0.15, -0.1) is 11.3 Å². The molecule has 1 aromatic rings. The SMILES string of the molecule is Cc1cc(C(C)NCC(C)(C)CO)c(C)s1. The molecule has 3 heteroatoms. The highest BCUT2D eigenvalue weighted by Crippen LogP contribution is 2.26. The lowest BCUT2D eigenvalue weighted by molar-refractivity contribution is 0.154. The second kappa shape index (κ2) is 5.30. The van der Waals surface area contributed by atoms with Gasteiger partial charge < -0.3 is 10.4 Å². The number of thiophene rings is 1. The van der Waals surface area contributed by atoms with E-state index < -0.39 is 0 Å². The second-order valence-electron chi connectivity index (χ2n) is 5.29. The van der Waals surface area contributed by atoms with Gasteiger partial charge in [0.2, 0.25) is 0 Å². The lowest BCUT2D eigenvalue weighted by Gasteiger charge is -2.25. The van der Waals surface area contributed by atoms with Crippen molar-refractivity contribution in [3.63, 3.8) is 0 Å². The smallest absolute Gasteiger partial charge is 0.0494 e. The van der Waals surface area contributed by atoms with Crippen molar-refractivity contribution in [2.45, 2.75) is 40.7 Å². The summed E-state index contributed by atoms with van der Waals surface area (Å²) in [7, 11) is 0. The van der Waals surface area contributed by atoms with Crippen LogP contribution in [0.5, 0.6) is 0 Å². The van der Waals surface area contributed by atoms with Crippen molar-refractivity contribution in [3.05, 3.63) is 21.4 Å². The van der Waals surface area contributed by atoms with Gasteiger partial charge in [0, 0.05) is 34.4 Å². The Morgan fingerprint density at radius 2 is 2.06 bits per heavy atom. The van der Waals surface area contributed by atoms with Crippen molar-refractivity contribution in [3.8, 4) is 0 Å². The normalized spacial score (nSPS) is 14.1. The van der Waals surface area contributed by atoms with Crippen molar-refractivity contribution >= 4 is 11.3 Å². The summed E-state index contributed by atoms with van der Waals surface area (Å²) in [6, 6.07) is 2.61. The fourth-order valence-electron chi connectivity index (χ4n) is 1.68. The summed E-state index contributed by atoms with van der Waals surface area (Å²) in [6.07, 6.45) is 0. The first-order chi connectivity index (χ1) is 7.35. The Balaban J connectivity index is 2.59. The maximum atomic E-state index is 9.20. The van der Waals surface area contributed by atoms with E-state index in [0.29, 0.717) is 6.04 Å². The summed E-state index contributed by atoms with van der Waals surface area (Å²) < 4.78 is 0. The highest BCUT2D eigenvalue weighted by atomic mass is 32.1. The first-order valence-electron chi connectivity index (χ1n) is 5.77. The second-order valence-corrected chi connectivity index (χ2v) is 6.75. The summed E-state index contributed by atoms with van der Waals surface area (Å²) in [5.41, 5.74) is 1.34. The minimum atomic E-state index is -0.0484. The lowest BCUT2D eigenvalue weighted by atomic mass is 9.94. The molecule has 1 unspecified atom stereocenters. The molecule has 0 bridgehead atoms. The van der Waals surface area contributed by atoms with Gasteiger partial charge in [0.15, 0.2) is 0 Å². The van der Waals surface area contributed by atoms with E-state index in [1.807, 2.05) is 11.3 Å². The molecule has 0 aliphatic heterocycles. The molecule has 2 nitrogen and oxygen atoms in total. The van der Waals surface area contributed by atoms with Gasteiger partial charge in [0.25, 0.3) is 0 Å². The van der Waals surface area contributed by atoms with Crippen LogP contribution in [0, 0.1) is 19.3 Å². The Morgan fingerprint density at radius 3 is 2.50 bits per heavy atom. The molecule has 0 aliphatic rings. The molecular formula is C13H23NOS. The van der Waals surface area contributed by atoms with Crippen LogP contribution in [0.15, 0.2) is 6.07 Å². The molecule has 1 atom stereocenters. The number of rotatable bonds is 5. The quantitative estimate of drug-likeness (QED) is 0.830. The highest BCUT2D eigenvalue weighted by Gasteiger charge is 2.18. The predicted molar refractivity (Wildman–Crippen MR) is 71.1 cm³/mol. The zero-order valence-electron chi connectivity index (χ0n) is 10.9. The topological polar surface area (TPSA) is 32.3 Å². The molecule has 1 rings (SSSR count). The summed E-state index contributed by atoms with van der Waals surface area (Å²) >= 11 is 1.85. The Hall–Kier alpha value is -0.380. The fourth-order valence-corrected chi connectivity index (χ4v) is 2.70. The molecule has 0 saturated carbocycles. The average Bonchev–Trinajstić information content (AvgIpc) is 2.54. The van der Waals surface area contributed by atoms with Crippen LogP contribution in [0.25, 0.3) is 0 Å². The first-order valence-corrected chi connectivity index (χ1v) is 6.58. The minimum absolute atomic E-state index is 0.0484. The molecule has 0 fully saturated rings. The molecule has 92 valence electrons. The number of hydrogen-bond donors (Lipinski definition) is 2. The van der Waals surface area contributed by atoms with Crippen LogP contribution < -0.4 is 5.32 Å². The Kier molecular flexibility index (Phi) is 4.53. The van der Waals surface area contributed by atoms with Gasteiger partial charge in [-0.2, -0.15) is 0 Å². The van der Waals surface area contributed by atoms with Crippen molar-refractivity contribution < 1.29 is 5.11 Å². The molecule has 0 spiro atoms. The highest BCUT2D eigenvalue weighted by molar-refractivity contribution is 7.12. The third-order valence-corrected chi connectivity index (χ3v) is 3.84. The van der Waals surface area contributed by atoms with Gasteiger partial charge in [-0.05, 0) is 32.4 Å². The lowest BCUT2D eigenvalue weighted by Crippen LogP contribution is -2.33. The Bertz CT molecular complexity index is 344. The van der Waals surface area contributed by atoms with Crippen LogP contribution in [0.1, 0.15) is 42.1 Å². The van der Waals surface area contributed by atoms with E-state index in [4.69, 9.17) is 0 Å². The zero-order valence-corrected chi connectivity index (χ0v) is 11.7. The molecule has 0 saturated heterocycles. The van der Waals surface area contributed by atoms with E-state index in [1.54, 1.807) is 0 Å². The number of aryl methyl sites for hydroxylation is 2. The molecule has 0 aromatic carbocycles. The van der Waals surface area contributed by atoms with E-state index >= 15 is 0 Å².